The molecule has 0 radical (unpaired) electrons. The zero-order valence-corrected chi connectivity index (χ0v) is 10.8. The molecule has 1 heterocycles. The first-order valence-corrected chi connectivity index (χ1v) is 6.02. The Morgan fingerprint density at radius 2 is 2.27 bits per heavy atom. The minimum atomic E-state index is 0.0489. The Morgan fingerprint density at radius 3 is 2.67 bits per heavy atom. The summed E-state index contributed by atoms with van der Waals surface area (Å²) < 4.78 is 5.94. The fourth-order valence-corrected chi connectivity index (χ4v) is 2.20. The third-order valence-electron chi connectivity index (χ3n) is 2.84. The number of nitrogens with two attached hydrogens (primary N) is 1. The topological polar surface area (TPSA) is 38.5 Å². The highest BCUT2D eigenvalue weighted by Crippen LogP contribution is 2.29. The minimum Gasteiger partial charge on any atom is -0.392 e. The molecule has 88 valence electrons. The number of ether oxygens (including phenoxy) is 1. The molecule has 1 aliphatic heterocycles. The van der Waals surface area contributed by atoms with Gasteiger partial charge in [0.25, 0.3) is 0 Å². The molecule has 0 aromatic heterocycles. The second-order valence-electron chi connectivity index (χ2n) is 4.83. The highest BCUT2D eigenvalue weighted by Gasteiger charge is 2.32. The lowest BCUT2D eigenvalue weighted by molar-refractivity contribution is -0.0265. The summed E-state index contributed by atoms with van der Waals surface area (Å²) in [5.41, 5.74) is 5.59. The van der Waals surface area contributed by atoms with Gasteiger partial charge in [-0.3, -0.25) is 4.90 Å². The van der Waals surface area contributed by atoms with Crippen molar-refractivity contribution in [2.75, 3.05) is 19.6 Å². The van der Waals surface area contributed by atoms with Crippen molar-refractivity contribution in [3.63, 3.8) is 0 Å². The summed E-state index contributed by atoms with van der Waals surface area (Å²) in [5.74, 6) is 0. The number of thiocarbonyl (C=S) groups is 1. The summed E-state index contributed by atoms with van der Waals surface area (Å²) in [6.45, 7) is 9.03. The first-order chi connectivity index (χ1) is 6.93. The number of nitrogens with zero attached hydrogens (tertiary/aromatic N) is 1. The average molecular weight is 230 g/mol. The summed E-state index contributed by atoms with van der Waals surface area (Å²) in [6.07, 6.45) is 2.62. The van der Waals surface area contributed by atoms with Crippen molar-refractivity contribution in [2.45, 2.75) is 45.3 Å². The fourth-order valence-electron chi connectivity index (χ4n) is 2.02. The molecule has 1 rings (SSSR count). The van der Waals surface area contributed by atoms with Crippen LogP contribution in [0.1, 0.15) is 33.6 Å². The molecule has 3 nitrogen and oxygen atoms in total. The summed E-state index contributed by atoms with van der Waals surface area (Å²) in [6, 6.07) is 0. The van der Waals surface area contributed by atoms with E-state index in [9.17, 15) is 0 Å². The molecule has 1 saturated heterocycles. The van der Waals surface area contributed by atoms with Crippen LogP contribution in [0.4, 0.5) is 0 Å². The van der Waals surface area contributed by atoms with Gasteiger partial charge in [0.15, 0.2) is 0 Å². The van der Waals surface area contributed by atoms with Crippen LogP contribution in [0.3, 0.4) is 0 Å². The predicted molar refractivity (Wildman–Crippen MR) is 67.1 cm³/mol. The van der Waals surface area contributed by atoms with Crippen LogP contribution >= 0.6 is 12.2 Å². The SMILES string of the molecule is CCN(CC(N)=S)CC1CCC(C)(C)O1. The van der Waals surface area contributed by atoms with Crippen LogP contribution in [0.15, 0.2) is 0 Å². The van der Waals surface area contributed by atoms with Crippen molar-refractivity contribution in [3.8, 4) is 0 Å². The first kappa shape index (κ1) is 12.9. The van der Waals surface area contributed by atoms with E-state index >= 15 is 0 Å². The molecule has 0 aromatic rings. The molecule has 15 heavy (non-hydrogen) atoms. The molecule has 0 aliphatic carbocycles. The standard InChI is InChI=1S/C11H22N2OS/c1-4-13(8-10(12)15)7-9-5-6-11(2,3)14-9/h9H,4-8H2,1-3H3,(H2,12,15). The monoisotopic (exact) mass is 230 g/mol. The van der Waals surface area contributed by atoms with Crippen LogP contribution < -0.4 is 5.73 Å². The predicted octanol–water partition coefficient (Wildman–Crippen LogP) is 1.55. The highest BCUT2D eigenvalue weighted by atomic mass is 32.1. The molecule has 2 N–H and O–H groups in total. The van der Waals surface area contributed by atoms with E-state index in [-0.39, 0.29) is 5.60 Å². The zero-order chi connectivity index (χ0) is 11.5. The Balaban J connectivity index is 2.36. The van der Waals surface area contributed by atoms with Crippen molar-refractivity contribution >= 4 is 17.2 Å². The molecule has 1 unspecified atom stereocenters. The van der Waals surface area contributed by atoms with Gasteiger partial charge < -0.3 is 10.5 Å². The van der Waals surface area contributed by atoms with Gasteiger partial charge >= 0.3 is 0 Å². The molecule has 0 bridgehead atoms. The summed E-state index contributed by atoms with van der Waals surface area (Å²) in [5, 5.41) is 0. The molecule has 4 heteroatoms. The van der Waals surface area contributed by atoms with Gasteiger partial charge in [0, 0.05) is 13.1 Å². The maximum Gasteiger partial charge on any atom is 0.0870 e. The molecule has 1 aliphatic rings. The number of hydrogen-bond donors (Lipinski definition) is 1. The molecule has 1 fully saturated rings. The Kier molecular flexibility index (Phi) is 4.49. The largest absolute Gasteiger partial charge is 0.392 e. The van der Waals surface area contributed by atoms with E-state index in [2.05, 4.69) is 25.7 Å². The van der Waals surface area contributed by atoms with E-state index in [0.29, 0.717) is 17.6 Å². The van der Waals surface area contributed by atoms with E-state index < -0.39 is 0 Å². The third-order valence-corrected chi connectivity index (χ3v) is 2.97. The van der Waals surface area contributed by atoms with Crippen molar-refractivity contribution in [2.24, 2.45) is 5.73 Å². The fraction of sp³-hybridized carbons (Fsp3) is 0.909. The van der Waals surface area contributed by atoms with Gasteiger partial charge in [-0.25, -0.2) is 0 Å². The van der Waals surface area contributed by atoms with Gasteiger partial charge in [-0.2, -0.15) is 0 Å². The van der Waals surface area contributed by atoms with Gasteiger partial charge in [0.05, 0.1) is 16.7 Å². The van der Waals surface area contributed by atoms with Gasteiger partial charge in [0.2, 0.25) is 0 Å². The van der Waals surface area contributed by atoms with Gasteiger partial charge in [-0.1, -0.05) is 19.1 Å². The average Bonchev–Trinajstić information content (AvgIpc) is 2.43. The van der Waals surface area contributed by atoms with E-state index in [1.807, 2.05) is 0 Å². The second kappa shape index (κ2) is 5.23. The van der Waals surface area contributed by atoms with Crippen LogP contribution in [-0.4, -0.2) is 41.2 Å². The lowest BCUT2D eigenvalue weighted by Gasteiger charge is -2.25. The second-order valence-corrected chi connectivity index (χ2v) is 5.36. The lowest BCUT2D eigenvalue weighted by atomic mass is 10.1. The van der Waals surface area contributed by atoms with Crippen LogP contribution in [0.25, 0.3) is 0 Å². The summed E-state index contributed by atoms with van der Waals surface area (Å²) >= 11 is 4.92. The van der Waals surface area contributed by atoms with Crippen molar-refractivity contribution in [1.82, 2.24) is 4.90 Å². The van der Waals surface area contributed by atoms with Crippen molar-refractivity contribution < 1.29 is 4.74 Å². The molecule has 0 aromatic carbocycles. The Bertz CT molecular complexity index is 231. The Morgan fingerprint density at radius 1 is 1.60 bits per heavy atom. The highest BCUT2D eigenvalue weighted by molar-refractivity contribution is 7.80. The van der Waals surface area contributed by atoms with Gasteiger partial charge in [-0.05, 0) is 33.2 Å². The van der Waals surface area contributed by atoms with E-state index in [1.54, 1.807) is 0 Å². The summed E-state index contributed by atoms with van der Waals surface area (Å²) in [4.78, 5) is 2.81. The molecular weight excluding hydrogens is 208 g/mol. The Hall–Kier alpha value is -0.190. The smallest absolute Gasteiger partial charge is 0.0870 e. The zero-order valence-electron chi connectivity index (χ0n) is 9.95. The van der Waals surface area contributed by atoms with Crippen LogP contribution in [0, 0.1) is 0 Å². The molecule has 0 amide bonds. The van der Waals surface area contributed by atoms with E-state index in [1.165, 1.54) is 0 Å². The van der Waals surface area contributed by atoms with Crippen LogP contribution in [-0.2, 0) is 4.74 Å². The molecular formula is C11H22N2OS. The number of rotatable bonds is 5. The number of likely N-dealkylation sites (N-methyl/N-ethyl adjacent to an activating group) is 1. The quantitative estimate of drug-likeness (QED) is 0.727. The van der Waals surface area contributed by atoms with Gasteiger partial charge in [0.1, 0.15) is 0 Å². The van der Waals surface area contributed by atoms with Crippen LogP contribution in [0.2, 0.25) is 0 Å². The number of hydrogen-bond acceptors (Lipinski definition) is 3. The van der Waals surface area contributed by atoms with Crippen LogP contribution in [0.5, 0.6) is 0 Å². The lowest BCUT2D eigenvalue weighted by Crippen LogP contribution is -2.38. The van der Waals surface area contributed by atoms with Gasteiger partial charge in [-0.15, -0.1) is 0 Å². The van der Waals surface area contributed by atoms with Crippen molar-refractivity contribution in [3.05, 3.63) is 0 Å². The first-order valence-electron chi connectivity index (χ1n) is 5.61. The maximum atomic E-state index is 5.94. The van der Waals surface area contributed by atoms with E-state index in [0.717, 1.165) is 25.9 Å². The minimum absolute atomic E-state index is 0.0489. The Labute approximate surface area is 98.0 Å². The molecule has 0 saturated carbocycles. The van der Waals surface area contributed by atoms with Crippen molar-refractivity contribution in [1.29, 1.82) is 0 Å². The molecule has 1 atom stereocenters. The molecule has 0 spiro atoms. The maximum absolute atomic E-state index is 5.94. The third kappa shape index (κ3) is 4.45. The normalized spacial score (nSPS) is 24.7. The van der Waals surface area contributed by atoms with E-state index in [4.69, 9.17) is 22.7 Å². The summed E-state index contributed by atoms with van der Waals surface area (Å²) in [7, 11) is 0.